The van der Waals surface area contributed by atoms with E-state index in [1.165, 1.54) is 0 Å². The van der Waals surface area contributed by atoms with Crippen molar-refractivity contribution >= 4 is 10.9 Å². The smallest absolute Gasteiger partial charge is 0.261 e. The van der Waals surface area contributed by atoms with Crippen molar-refractivity contribution in [2.24, 2.45) is 0 Å². The highest BCUT2D eigenvalue weighted by molar-refractivity contribution is 5.81. The van der Waals surface area contributed by atoms with E-state index in [1.807, 2.05) is 19.9 Å². The van der Waals surface area contributed by atoms with Gasteiger partial charge in [-0.3, -0.25) is 9.36 Å². The number of fused-ring (bicyclic) bond motifs is 1. The minimum atomic E-state index is 0.0438. The van der Waals surface area contributed by atoms with Crippen LogP contribution in [-0.2, 0) is 4.74 Å². The van der Waals surface area contributed by atoms with E-state index in [0.29, 0.717) is 12.0 Å². The van der Waals surface area contributed by atoms with Crippen LogP contribution >= 0.6 is 0 Å². The van der Waals surface area contributed by atoms with E-state index in [-0.39, 0.29) is 11.6 Å². The van der Waals surface area contributed by atoms with Crippen LogP contribution < -0.4 is 5.56 Å². The van der Waals surface area contributed by atoms with Crippen molar-refractivity contribution in [1.29, 1.82) is 0 Å². The van der Waals surface area contributed by atoms with E-state index in [4.69, 9.17) is 4.74 Å². The zero-order chi connectivity index (χ0) is 12.7. The molecule has 4 heteroatoms. The second kappa shape index (κ2) is 4.21. The number of benzene rings is 1. The van der Waals surface area contributed by atoms with Crippen LogP contribution in [0.3, 0.4) is 0 Å². The van der Waals surface area contributed by atoms with Gasteiger partial charge in [-0.25, -0.2) is 4.98 Å². The highest BCUT2D eigenvalue weighted by Gasteiger charge is 2.19. The number of aryl methyl sites for hydroxylation is 2. The second-order valence-corrected chi connectivity index (χ2v) is 4.95. The monoisotopic (exact) mass is 244 g/mol. The number of hydrogen-bond acceptors (Lipinski definition) is 3. The van der Waals surface area contributed by atoms with E-state index in [0.717, 1.165) is 29.7 Å². The van der Waals surface area contributed by atoms with Crippen LogP contribution in [0.15, 0.2) is 23.3 Å². The number of aromatic nitrogens is 2. The summed E-state index contributed by atoms with van der Waals surface area (Å²) in [5.74, 6) is 0. The minimum absolute atomic E-state index is 0.0438. The highest BCUT2D eigenvalue weighted by Crippen LogP contribution is 2.19. The third-order valence-corrected chi connectivity index (χ3v) is 3.52. The van der Waals surface area contributed by atoms with Gasteiger partial charge in [0.15, 0.2) is 0 Å². The van der Waals surface area contributed by atoms with Gasteiger partial charge in [0.1, 0.15) is 0 Å². The van der Waals surface area contributed by atoms with E-state index < -0.39 is 0 Å². The molecule has 3 rings (SSSR count). The van der Waals surface area contributed by atoms with Crippen LogP contribution in [0.2, 0.25) is 0 Å². The van der Waals surface area contributed by atoms with Crippen LogP contribution in [0.25, 0.3) is 10.9 Å². The molecule has 4 nitrogen and oxygen atoms in total. The van der Waals surface area contributed by atoms with Crippen LogP contribution in [0.1, 0.15) is 23.6 Å². The molecule has 0 radical (unpaired) electrons. The summed E-state index contributed by atoms with van der Waals surface area (Å²) in [4.78, 5) is 16.9. The molecule has 1 fully saturated rings. The quantitative estimate of drug-likeness (QED) is 0.770. The van der Waals surface area contributed by atoms with Crippen molar-refractivity contribution in [3.63, 3.8) is 0 Å². The Labute approximate surface area is 105 Å². The third-order valence-electron chi connectivity index (χ3n) is 3.52. The molecule has 0 N–H and O–H groups in total. The Hall–Kier alpha value is -1.68. The number of rotatable bonds is 1. The highest BCUT2D eigenvalue weighted by atomic mass is 16.5. The Bertz CT molecular complexity index is 655. The lowest BCUT2D eigenvalue weighted by molar-refractivity contribution is 0.186. The molecule has 0 amide bonds. The molecule has 0 aliphatic carbocycles. The van der Waals surface area contributed by atoms with E-state index in [1.54, 1.807) is 10.9 Å². The summed E-state index contributed by atoms with van der Waals surface area (Å²) in [6.45, 7) is 5.33. The summed E-state index contributed by atoms with van der Waals surface area (Å²) in [6.07, 6.45) is 2.55. The fourth-order valence-corrected chi connectivity index (χ4v) is 2.61. The molecule has 0 unspecified atom stereocenters. The van der Waals surface area contributed by atoms with Crippen molar-refractivity contribution in [2.45, 2.75) is 26.3 Å². The zero-order valence-electron chi connectivity index (χ0n) is 10.6. The summed E-state index contributed by atoms with van der Waals surface area (Å²) in [5, 5.41) is 0.710. The fourth-order valence-electron chi connectivity index (χ4n) is 2.61. The molecule has 0 bridgehead atoms. The predicted octanol–water partition coefficient (Wildman–Crippen LogP) is 1.97. The molecule has 1 aromatic heterocycles. The maximum Gasteiger partial charge on any atom is 0.261 e. The number of hydrogen-bond donors (Lipinski definition) is 0. The molecule has 0 spiro atoms. The average Bonchev–Trinajstić information content (AvgIpc) is 2.84. The Morgan fingerprint density at radius 2 is 2.22 bits per heavy atom. The van der Waals surface area contributed by atoms with Gasteiger partial charge in [-0.2, -0.15) is 0 Å². The molecule has 0 saturated carbocycles. The van der Waals surface area contributed by atoms with Gasteiger partial charge in [-0.05, 0) is 37.5 Å². The molecule has 2 heterocycles. The number of ether oxygens (including phenoxy) is 1. The molecule has 1 aromatic carbocycles. The first-order valence-corrected chi connectivity index (χ1v) is 6.22. The fraction of sp³-hybridized carbons (Fsp3) is 0.429. The Morgan fingerprint density at radius 1 is 1.39 bits per heavy atom. The van der Waals surface area contributed by atoms with Gasteiger partial charge in [-0.1, -0.05) is 6.07 Å². The van der Waals surface area contributed by atoms with E-state index in [9.17, 15) is 4.79 Å². The zero-order valence-corrected chi connectivity index (χ0v) is 10.6. The first kappa shape index (κ1) is 11.4. The largest absolute Gasteiger partial charge is 0.379 e. The average molecular weight is 244 g/mol. The Balaban J connectivity index is 2.25. The maximum absolute atomic E-state index is 12.5. The van der Waals surface area contributed by atoms with Crippen molar-refractivity contribution in [3.8, 4) is 0 Å². The molecule has 18 heavy (non-hydrogen) atoms. The van der Waals surface area contributed by atoms with Gasteiger partial charge in [0, 0.05) is 6.61 Å². The first-order valence-electron chi connectivity index (χ1n) is 6.22. The lowest BCUT2D eigenvalue weighted by Gasteiger charge is -2.13. The molecule has 1 aliphatic rings. The van der Waals surface area contributed by atoms with Crippen molar-refractivity contribution in [2.75, 3.05) is 13.2 Å². The summed E-state index contributed by atoms with van der Waals surface area (Å²) in [7, 11) is 0. The van der Waals surface area contributed by atoms with Crippen LogP contribution in [0, 0.1) is 13.8 Å². The van der Waals surface area contributed by atoms with Gasteiger partial charge >= 0.3 is 0 Å². The Morgan fingerprint density at radius 3 is 2.94 bits per heavy atom. The van der Waals surface area contributed by atoms with Gasteiger partial charge in [0.2, 0.25) is 0 Å². The van der Waals surface area contributed by atoms with Crippen LogP contribution in [0.5, 0.6) is 0 Å². The lowest BCUT2D eigenvalue weighted by Crippen LogP contribution is -2.25. The third kappa shape index (κ3) is 1.73. The van der Waals surface area contributed by atoms with Gasteiger partial charge < -0.3 is 4.74 Å². The molecular weight excluding hydrogens is 228 g/mol. The summed E-state index contributed by atoms with van der Waals surface area (Å²) < 4.78 is 7.05. The second-order valence-electron chi connectivity index (χ2n) is 4.95. The summed E-state index contributed by atoms with van der Waals surface area (Å²) >= 11 is 0. The molecule has 1 aliphatic heterocycles. The van der Waals surface area contributed by atoms with Crippen LogP contribution in [-0.4, -0.2) is 22.8 Å². The topological polar surface area (TPSA) is 44.1 Å². The molecule has 94 valence electrons. The summed E-state index contributed by atoms with van der Waals surface area (Å²) in [5.41, 5.74) is 3.00. The van der Waals surface area contributed by atoms with E-state index >= 15 is 0 Å². The van der Waals surface area contributed by atoms with Crippen molar-refractivity contribution < 1.29 is 4.74 Å². The lowest BCUT2D eigenvalue weighted by atomic mass is 10.1. The predicted molar refractivity (Wildman–Crippen MR) is 70.0 cm³/mol. The molecule has 2 aromatic rings. The van der Waals surface area contributed by atoms with Crippen molar-refractivity contribution in [3.05, 3.63) is 39.9 Å². The van der Waals surface area contributed by atoms with Crippen LogP contribution in [0.4, 0.5) is 0 Å². The van der Waals surface area contributed by atoms with Crippen molar-refractivity contribution in [1.82, 2.24) is 9.55 Å². The SMILES string of the molecule is Cc1cc(C)c2ncn([C@@H]3CCOC3)c(=O)c2c1. The summed E-state index contributed by atoms with van der Waals surface area (Å²) in [6, 6.07) is 4.11. The van der Waals surface area contributed by atoms with Gasteiger partial charge in [-0.15, -0.1) is 0 Å². The normalized spacial score (nSPS) is 19.6. The van der Waals surface area contributed by atoms with Gasteiger partial charge in [0.05, 0.1) is 29.9 Å². The first-order chi connectivity index (χ1) is 8.66. The minimum Gasteiger partial charge on any atom is -0.379 e. The standard InChI is InChI=1S/C14H16N2O2/c1-9-5-10(2)13-12(6-9)14(17)16(8-15-13)11-3-4-18-7-11/h5-6,8,11H,3-4,7H2,1-2H3/t11-/m1/s1. The number of nitrogens with zero attached hydrogens (tertiary/aromatic N) is 2. The van der Waals surface area contributed by atoms with E-state index in [2.05, 4.69) is 11.1 Å². The van der Waals surface area contributed by atoms with Gasteiger partial charge in [0.25, 0.3) is 5.56 Å². The molecular formula is C14H16N2O2. The maximum atomic E-state index is 12.5. The molecule has 1 saturated heterocycles. The molecule has 1 atom stereocenters. The Kier molecular flexibility index (Phi) is 2.67.